The van der Waals surface area contributed by atoms with Gasteiger partial charge in [-0.15, -0.1) is 11.6 Å². The van der Waals surface area contributed by atoms with Crippen LogP contribution in [0.15, 0.2) is 24.3 Å². The first-order valence-electron chi connectivity index (χ1n) is 5.42. The highest BCUT2D eigenvalue weighted by molar-refractivity contribution is 6.18. The second-order valence-electron chi connectivity index (χ2n) is 3.89. The first-order valence-corrected chi connectivity index (χ1v) is 5.96. The number of nitrogens with zero attached hydrogens (tertiary/aromatic N) is 1. The number of hydrogen-bond acceptors (Lipinski definition) is 2. The predicted molar refractivity (Wildman–Crippen MR) is 62.8 cm³/mol. The third-order valence-electron chi connectivity index (χ3n) is 2.74. The average Bonchev–Trinajstić information content (AvgIpc) is 2.38. The fourth-order valence-corrected chi connectivity index (χ4v) is 2.09. The Hall–Kier alpha value is -1.13. The molecule has 0 spiro atoms. The van der Waals surface area contributed by atoms with E-state index in [1.165, 1.54) is 18.2 Å². The van der Waals surface area contributed by atoms with Gasteiger partial charge in [0.15, 0.2) is 0 Å². The van der Waals surface area contributed by atoms with Crippen LogP contribution in [0, 0.1) is 5.82 Å². The summed E-state index contributed by atoms with van der Waals surface area (Å²) in [6.07, 6.45) is 0. The normalized spacial score (nSPS) is 20.4. The molecular formula is C12H13ClFNO2. The van der Waals surface area contributed by atoms with E-state index in [1.54, 1.807) is 11.0 Å². The largest absolute Gasteiger partial charge is 0.377 e. The fraction of sp³-hybridized carbons (Fsp3) is 0.417. The number of ether oxygens (including phenoxy) is 1. The third kappa shape index (κ3) is 2.76. The topological polar surface area (TPSA) is 29.5 Å². The van der Waals surface area contributed by atoms with E-state index < -0.39 is 5.82 Å². The molecule has 1 heterocycles. The Labute approximate surface area is 104 Å². The number of amides is 1. The van der Waals surface area contributed by atoms with Crippen LogP contribution in [-0.2, 0) is 4.74 Å². The van der Waals surface area contributed by atoms with E-state index >= 15 is 0 Å². The molecule has 1 fully saturated rings. The predicted octanol–water partition coefficient (Wildman–Crippen LogP) is 1.91. The smallest absolute Gasteiger partial charge is 0.254 e. The second kappa shape index (κ2) is 5.47. The van der Waals surface area contributed by atoms with Gasteiger partial charge in [-0.3, -0.25) is 4.79 Å². The van der Waals surface area contributed by atoms with Crippen LogP contribution in [0.25, 0.3) is 0 Å². The number of rotatable bonds is 2. The summed E-state index contributed by atoms with van der Waals surface area (Å²) in [7, 11) is 0. The highest BCUT2D eigenvalue weighted by Gasteiger charge is 2.27. The van der Waals surface area contributed by atoms with Gasteiger partial charge in [-0.05, 0) is 18.2 Å². The maximum absolute atomic E-state index is 13.1. The van der Waals surface area contributed by atoms with Crippen LogP contribution in [-0.4, -0.2) is 42.5 Å². The SMILES string of the molecule is O=C(c1cccc(F)c1)N1CCOCC1CCl. The number of benzene rings is 1. The molecule has 1 amide bonds. The van der Waals surface area contributed by atoms with Gasteiger partial charge < -0.3 is 9.64 Å². The molecule has 0 radical (unpaired) electrons. The van der Waals surface area contributed by atoms with Crippen LogP contribution in [0.5, 0.6) is 0 Å². The summed E-state index contributed by atoms with van der Waals surface area (Å²) in [6, 6.07) is 5.55. The van der Waals surface area contributed by atoms with E-state index in [0.717, 1.165) is 0 Å². The van der Waals surface area contributed by atoms with E-state index in [-0.39, 0.29) is 11.9 Å². The van der Waals surface area contributed by atoms with Gasteiger partial charge in [0.2, 0.25) is 0 Å². The minimum absolute atomic E-state index is 0.138. The monoisotopic (exact) mass is 257 g/mol. The van der Waals surface area contributed by atoms with Gasteiger partial charge >= 0.3 is 0 Å². The van der Waals surface area contributed by atoms with Crippen molar-refractivity contribution in [2.24, 2.45) is 0 Å². The Morgan fingerprint density at radius 2 is 2.41 bits per heavy atom. The molecule has 92 valence electrons. The lowest BCUT2D eigenvalue weighted by atomic mass is 10.1. The highest BCUT2D eigenvalue weighted by atomic mass is 35.5. The summed E-state index contributed by atoms with van der Waals surface area (Å²) in [5, 5.41) is 0. The molecule has 1 aromatic rings. The van der Waals surface area contributed by atoms with Gasteiger partial charge in [0, 0.05) is 18.0 Å². The molecule has 1 aliphatic heterocycles. The number of carbonyl (C=O) groups excluding carboxylic acids is 1. The fourth-order valence-electron chi connectivity index (χ4n) is 1.84. The van der Waals surface area contributed by atoms with Crippen molar-refractivity contribution >= 4 is 17.5 Å². The zero-order valence-electron chi connectivity index (χ0n) is 9.23. The lowest BCUT2D eigenvalue weighted by Gasteiger charge is -2.34. The van der Waals surface area contributed by atoms with Crippen molar-refractivity contribution in [3.05, 3.63) is 35.6 Å². The molecule has 0 N–H and O–H groups in total. The highest BCUT2D eigenvalue weighted by Crippen LogP contribution is 2.14. The summed E-state index contributed by atoms with van der Waals surface area (Å²) in [4.78, 5) is 13.8. The summed E-state index contributed by atoms with van der Waals surface area (Å²) >= 11 is 5.79. The van der Waals surface area contributed by atoms with E-state index in [1.807, 2.05) is 0 Å². The summed E-state index contributed by atoms with van der Waals surface area (Å²) in [6.45, 7) is 1.42. The Kier molecular flexibility index (Phi) is 3.97. The summed E-state index contributed by atoms with van der Waals surface area (Å²) in [5.74, 6) is -0.286. The van der Waals surface area contributed by atoms with Gasteiger partial charge in [0.05, 0.1) is 19.3 Å². The first-order chi connectivity index (χ1) is 8.22. The second-order valence-corrected chi connectivity index (χ2v) is 4.20. The molecule has 0 bridgehead atoms. The molecule has 0 aliphatic carbocycles. The molecule has 1 aliphatic rings. The standard InChI is InChI=1S/C12H13ClFNO2/c13-7-11-8-17-5-4-15(11)12(16)9-2-1-3-10(14)6-9/h1-3,6,11H,4-5,7-8H2. The molecule has 1 saturated heterocycles. The van der Waals surface area contributed by atoms with Crippen molar-refractivity contribution in [1.82, 2.24) is 4.90 Å². The van der Waals surface area contributed by atoms with Crippen molar-refractivity contribution in [2.75, 3.05) is 25.6 Å². The molecule has 0 saturated carbocycles. The minimum Gasteiger partial charge on any atom is -0.377 e. The van der Waals surface area contributed by atoms with Crippen molar-refractivity contribution in [3.8, 4) is 0 Å². The molecule has 1 unspecified atom stereocenters. The van der Waals surface area contributed by atoms with Crippen LogP contribution in [0.3, 0.4) is 0 Å². The van der Waals surface area contributed by atoms with E-state index in [2.05, 4.69) is 0 Å². The van der Waals surface area contributed by atoms with Crippen LogP contribution < -0.4 is 0 Å². The van der Waals surface area contributed by atoms with Crippen LogP contribution in [0.1, 0.15) is 10.4 Å². The van der Waals surface area contributed by atoms with Crippen LogP contribution in [0.4, 0.5) is 4.39 Å². The maximum atomic E-state index is 13.1. The van der Waals surface area contributed by atoms with Crippen LogP contribution in [0.2, 0.25) is 0 Å². The van der Waals surface area contributed by atoms with E-state index in [4.69, 9.17) is 16.3 Å². The number of halogens is 2. The molecular weight excluding hydrogens is 245 g/mol. The van der Waals surface area contributed by atoms with Crippen molar-refractivity contribution in [1.29, 1.82) is 0 Å². The molecule has 0 aromatic heterocycles. The van der Waals surface area contributed by atoms with Crippen molar-refractivity contribution in [2.45, 2.75) is 6.04 Å². The lowest BCUT2D eigenvalue weighted by Crippen LogP contribution is -2.49. The average molecular weight is 258 g/mol. The Morgan fingerprint density at radius 3 is 3.12 bits per heavy atom. The zero-order valence-corrected chi connectivity index (χ0v) is 9.99. The summed E-state index contributed by atoms with van der Waals surface area (Å²) in [5.41, 5.74) is 0.349. The quantitative estimate of drug-likeness (QED) is 0.758. The number of carbonyl (C=O) groups is 1. The minimum atomic E-state index is -0.411. The van der Waals surface area contributed by atoms with Gasteiger partial charge in [-0.25, -0.2) is 4.39 Å². The summed E-state index contributed by atoms with van der Waals surface area (Å²) < 4.78 is 18.3. The van der Waals surface area contributed by atoms with E-state index in [0.29, 0.717) is 31.2 Å². The Balaban J connectivity index is 2.18. The van der Waals surface area contributed by atoms with Gasteiger partial charge in [-0.1, -0.05) is 6.07 Å². The number of hydrogen-bond donors (Lipinski definition) is 0. The molecule has 1 aromatic carbocycles. The Morgan fingerprint density at radius 1 is 1.59 bits per heavy atom. The maximum Gasteiger partial charge on any atom is 0.254 e. The van der Waals surface area contributed by atoms with Crippen LogP contribution >= 0.6 is 11.6 Å². The zero-order chi connectivity index (χ0) is 12.3. The van der Waals surface area contributed by atoms with Gasteiger partial charge in [-0.2, -0.15) is 0 Å². The Bertz CT molecular complexity index is 413. The molecule has 2 rings (SSSR count). The molecule has 17 heavy (non-hydrogen) atoms. The van der Waals surface area contributed by atoms with Gasteiger partial charge in [0.1, 0.15) is 5.82 Å². The lowest BCUT2D eigenvalue weighted by molar-refractivity contribution is 0.00454. The van der Waals surface area contributed by atoms with Crippen molar-refractivity contribution < 1.29 is 13.9 Å². The number of alkyl halides is 1. The number of morpholine rings is 1. The van der Waals surface area contributed by atoms with E-state index in [9.17, 15) is 9.18 Å². The third-order valence-corrected chi connectivity index (χ3v) is 3.09. The van der Waals surface area contributed by atoms with Crippen molar-refractivity contribution in [3.63, 3.8) is 0 Å². The van der Waals surface area contributed by atoms with Gasteiger partial charge in [0.25, 0.3) is 5.91 Å². The first kappa shape index (κ1) is 12.3. The molecule has 3 nitrogen and oxygen atoms in total. The molecule has 5 heteroatoms. The molecule has 1 atom stereocenters.